The number of rotatable bonds is 3. The summed E-state index contributed by atoms with van der Waals surface area (Å²) < 4.78 is 0. The van der Waals surface area contributed by atoms with Crippen molar-refractivity contribution >= 4 is 23.4 Å². The number of anilines is 1. The van der Waals surface area contributed by atoms with Gasteiger partial charge in [0.2, 0.25) is 17.7 Å². The molecule has 2 atom stereocenters. The largest absolute Gasteiger partial charge is 0.324 e. The van der Waals surface area contributed by atoms with Gasteiger partial charge in [0.25, 0.3) is 0 Å². The number of imide groups is 1. The monoisotopic (exact) mass is 310 g/mol. The van der Waals surface area contributed by atoms with Crippen molar-refractivity contribution in [2.75, 3.05) is 11.9 Å². The molecule has 3 amide bonds. The van der Waals surface area contributed by atoms with Crippen LogP contribution in [0.4, 0.5) is 5.69 Å². The van der Waals surface area contributed by atoms with E-state index in [4.69, 9.17) is 6.42 Å². The first kappa shape index (κ1) is 15.3. The Hall–Kier alpha value is -2.61. The molecule has 1 aliphatic heterocycles. The number of terminal acetylenes is 1. The minimum atomic E-state index is -0.389. The zero-order valence-corrected chi connectivity index (χ0v) is 12.7. The molecule has 1 aromatic rings. The molecule has 0 unspecified atom stereocenters. The molecule has 5 heteroatoms. The summed E-state index contributed by atoms with van der Waals surface area (Å²) in [4.78, 5) is 37.9. The van der Waals surface area contributed by atoms with Crippen LogP contribution < -0.4 is 5.32 Å². The lowest BCUT2D eigenvalue weighted by Gasteiger charge is -2.19. The second kappa shape index (κ2) is 6.25. The third-order valence-electron chi connectivity index (χ3n) is 4.55. The minimum absolute atomic E-state index is 0.202. The van der Waals surface area contributed by atoms with Crippen molar-refractivity contribution in [3.63, 3.8) is 0 Å². The van der Waals surface area contributed by atoms with E-state index in [1.165, 1.54) is 0 Å². The van der Waals surface area contributed by atoms with Gasteiger partial charge in [0.1, 0.15) is 6.54 Å². The normalized spacial score (nSPS) is 23.3. The predicted molar refractivity (Wildman–Crippen MR) is 85.2 cm³/mol. The molecule has 1 saturated heterocycles. The number of hydrogen-bond donors (Lipinski definition) is 1. The number of fused-ring (bicyclic) bond motifs is 1. The van der Waals surface area contributed by atoms with E-state index in [1.54, 1.807) is 24.3 Å². The van der Waals surface area contributed by atoms with Crippen LogP contribution in [0.3, 0.4) is 0 Å². The molecule has 1 N–H and O–H groups in total. The molecule has 1 aromatic carbocycles. The van der Waals surface area contributed by atoms with Crippen molar-refractivity contribution in [2.45, 2.75) is 25.7 Å². The molecule has 1 aliphatic carbocycles. The highest BCUT2D eigenvalue weighted by Crippen LogP contribution is 2.37. The molecule has 0 bridgehead atoms. The zero-order chi connectivity index (χ0) is 16.4. The number of amides is 3. The topological polar surface area (TPSA) is 66.5 Å². The van der Waals surface area contributed by atoms with E-state index in [-0.39, 0.29) is 36.1 Å². The second-order valence-corrected chi connectivity index (χ2v) is 6.03. The van der Waals surface area contributed by atoms with Gasteiger partial charge in [0.15, 0.2) is 0 Å². The quantitative estimate of drug-likeness (QED) is 0.683. The summed E-state index contributed by atoms with van der Waals surface area (Å²) in [5.41, 5.74) is 1.21. The maximum absolute atomic E-state index is 12.3. The Morgan fingerprint density at radius 1 is 1.22 bits per heavy atom. The second-order valence-electron chi connectivity index (χ2n) is 6.03. The lowest BCUT2D eigenvalue weighted by molar-refractivity contribution is -0.142. The third-order valence-corrected chi connectivity index (χ3v) is 4.55. The van der Waals surface area contributed by atoms with E-state index >= 15 is 0 Å². The molecule has 118 valence electrons. The number of carbonyl (C=O) groups is 3. The van der Waals surface area contributed by atoms with Crippen LogP contribution >= 0.6 is 0 Å². The molecule has 1 heterocycles. The van der Waals surface area contributed by atoms with Crippen LogP contribution in [0, 0.1) is 24.2 Å². The fourth-order valence-electron chi connectivity index (χ4n) is 3.42. The van der Waals surface area contributed by atoms with E-state index in [0.29, 0.717) is 11.3 Å². The van der Waals surface area contributed by atoms with Crippen LogP contribution in [0.5, 0.6) is 0 Å². The van der Waals surface area contributed by atoms with Gasteiger partial charge in [-0.15, -0.1) is 6.42 Å². The van der Waals surface area contributed by atoms with E-state index in [2.05, 4.69) is 11.2 Å². The van der Waals surface area contributed by atoms with E-state index < -0.39 is 0 Å². The van der Waals surface area contributed by atoms with Gasteiger partial charge in [-0.2, -0.15) is 0 Å². The number of benzene rings is 1. The van der Waals surface area contributed by atoms with Crippen molar-refractivity contribution in [1.82, 2.24) is 4.90 Å². The van der Waals surface area contributed by atoms with Gasteiger partial charge < -0.3 is 5.32 Å². The highest BCUT2D eigenvalue weighted by atomic mass is 16.2. The molecule has 2 fully saturated rings. The molecule has 3 rings (SSSR count). The van der Waals surface area contributed by atoms with Gasteiger partial charge in [-0.3, -0.25) is 19.3 Å². The van der Waals surface area contributed by atoms with Crippen LogP contribution in [0.2, 0.25) is 0 Å². The number of carbonyl (C=O) groups excluding carboxylic acids is 3. The van der Waals surface area contributed by atoms with Crippen molar-refractivity contribution in [1.29, 1.82) is 0 Å². The minimum Gasteiger partial charge on any atom is -0.324 e. The summed E-state index contributed by atoms with van der Waals surface area (Å²) >= 11 is 0. The third kappa shape index (κ3) is 2.98. The van der Waals surface area contributed by atoms with Crippen LogP contribution in [0.1, 0.15) is 31.2 Å². The Kier molecular flexibility index (Phi) is 4.16. The van der Waals surface area contributed by atoms with Gasteiger partial charge in [-0.1, -0.05) is 24.8 Å². The highest BCUT2D eigenvalue weighted by molar-refractivity contribution is 6.08. The van der Waals surface area contributed by atoms with Gasteiger partial charge in [-0.25, -0.2) is 0 Å². The predicted octanol–water partition coefficient (Wildman–Crippen LogP) is 1.78. The lowest BCUT2D eigenvalue weighted by Crippen LogP contribution is -2.38. The fraction of sp³-hybridized carbons (Fsp3) is 0.389. The number of nitrogens with one attached hydrogen (secondary N) is 1. The Morgan fingerprint density at radius 3 is 2.48 bits per heavy atom. The Labute approximate surface area is 135 Å². The van der Waals surface area contributed by atoms with Gasteiger partial charge >= 0.3 is 0 Å². The standard InChI is InChI=1S/C18H18N2O3/c1-2-12-6-5-7-13(10-12)19-16(21)11-20-17(22)14-8-3-4-9-15(14)18(20)23/h1,5-7,10,14-15H,3-4,8-9,11H2,(H,19,21)/t14-,15-/m1/s1. The molecule has 0 radical (unpaired) electrons. The average molecular weight is 310 g/mol. The van der Waals surface area contributed by atoms with Crippen LogP contribution in [0.25, 0.3) is 0 Å². The Morgan fingerprint density at radius 2 is 1.87 bits per heavy atom. The summed E-state index contributed by atoms with van der Waals surface area (Å²) in [7, 11) is 0. The zero-order valence-electron chi connectivity index (χ0n) is 12.7. The Balaban J connectivity index is 1.67. The van der Waals surface area contributed by atoms with Crippen LogP contribution in [-0.2, 0) is 14.4 Å². The molecule has 5 nitrogen and oxygen atoms in total. The van der Waals surface area contributed by atoms with Crippen molar-refractivity contribution < 1.29 is 14.4 Å². The smallest absolute Gasteiger partial charge is 0.244 e. The maximum atomic E-state index is 12.3. The van der Waals surface area contributed by atoms with Crippen LogP contribution in [0.15, 0.2) is 24.3 Å². The lowest BCUT2D eigenvalue weighted by atomic mass is 9.81. The molecule has 23 heavy (non-hydrogen) atoms. The number of hydrogen-bond acceptors (Lipinski definition) is 3. The summed E-state index contributed by atoms with van der Waals surface area (Å²) in [5.74, 6) is 1.24. The SMILES string of the molecule is C#Cc1cccc(NC(=O)CN2C(=O)[C@@H]3CCCC[C@H]3C2=O)c1. The van der Waals surface area contributed by atoms with Gasteiger partial charge in [0, 0.05) is 11.3 Å². The molecule has 0 aromatic heterocycles. The summed E-state index contributed by atoms with van der Waals surface area (Å²) in [5, 5.41) is 2.69. The first-order chi connectivity index (χ1) is 11.1. The van der Waals surface area contributed by atoms with Crippen molar-refractivity contribution in [3.8, 4) is 12.3 Å². The summed E-state index contributed by atoms with van der Waals surface area (Å²) in [6, 6.07) is 6.89. The van der Waals surface area contributed by atoms with E-state index in [0.717, 1.165) is 30.6 Å². The molecular formula is C18H18N2O3. The first-order valence-corrected chi connectivity index (χ1v) is 7.82. The Bertz CT molecular complexity index is 680. The average Bonchev–Trinajstić information content (AvgIpc) is 2.80. The van der Waals surface area contributed by atoms with Crippen molar-refractivity contribution in [2.24, 2.45) is 11.8 Å². The summed E-state index contributed by atoms with van der Waals surface area (Å²) in [6.45, 7) is -0.231. The highest BCUT2D eigenvalue weighted by Gasteiger charge is 2.48. The van der Waals surface area contributed by atoms with E-state index in [9.17, 15) is 14.4 Å². The van der Waals surface area contributed by atoms with E-state index in [1.807, 2.05) is 0 Å². The maximum Gasteiger partial charge on any atom is 0.244 e. The van der Waals surface area contributed by atoms with Gasteiger partial charge in [-0.05, 0) is 31.0 Å². The first-order valence-electron chi connectivity index (χ1n) is 7.82. The number of likely N-dealkylation sites (tertiary alicyclic amines) is 1. The van der Waals surface area contributed by atoms with Crippen molar-refractivity contribution in [3.05, 3.63) is 29.8 Å². The van der Waals surface area contributed by atoms with Crippen LogP contribution in [-0.4, -0.2) is 29.2 Å². The molecular weight excluding hydrogens is 292 g/mol. The molecule has 2 aliphatic rings. The number of nitrogens with zero attached hydrogens (tertiary/aromatic N) is 1. The molecule has 0 spiro atoms. The summed E-state index contributed by atoms with van der Waals surface area (Å²) in [6.07, 6.45) is 8.76. The fourth-order valence-corrected chi connectivity index (χ4v) is 3.42. The molecule has 1 saturated carbocycles. The van der Waals surface area contributed by atoms with Gasteiger partial charge in [0.05, 0.1) is 11.8 Å².